The van der Waals surface area contributed by atoms with E-state index < -0.39 is 10.0 Å². The molecule has 2 aromatic carbocycles. The summed E-state index contributed by atoms with van der Waals surface area (Å²) in [5.41, 5.74) is 8.07. The molecule has 9 heteroatoms. The van der Waals surface area contributed by atoms with Crippen molar-refractivity contribution in [1.82, 2.24) is 9.62 Å². The van der Waals surface area contributed by atoms with Crippen LogP contribution < -0.4 is 10.5 Å². The summed E-state index contributed by atoms with van der Waals surface area (Å²) in [6.07, 6.45) is 2.03. The lowest BCUT2D eigenvalue weighted by molar-refractivity contribution is 0.334. The Morgan fingerprint density at radius 3 is 2.33 bits per heavy atom. The summed E-state index contributed by atoms with van der Waals surface area (Å²) in [6.45, 7) is 2.57. The van der Waals surface area contributed by atoms with E-state index in [0.29, 0.717) is 23.8 Å². The molecule has 3 N–H and O–H groups in total. The molecule has 30 heavy (non-hydrogen) atoms. The molecule has 0 bridgehead atoms. The van der Waals surface area contributed by atoms with E-state index in [4.69, 9.17) is 5.73 Å². The second-order valence-electron chi connectivity index (χ2n) is 6.93. The largest absolute Gasteiger partial charge is 0.326 e. The molecule has 0 unspecified atom stereocenters. The Kier molecular flexibility index (Phi) is 11.3. The minimum Gasteiger partial charge on any atom is -0.326 e. The van der Waals surface area contributed by atoms with Gasteiger partial charge in [-0.3, -0.25) is 0 Å². The van der Waals surface area contributed by atoms with Gasteiger partial charge in [-0.2, -0.15) is 0 Å². The first-order valence-electron chi connectivity index (χ1n) is 9.42. The minimum atomic E-state index is -3.46. The molecule has 0 radical (unpaired) electrons. The Hall–Kier alpha value is -1.19. The number of rotatable bonds is 10. The molecule has 0 amide bonds. The molecule has 0 saturated heterocycles. The lowest BCUT2D eigenvalue weighted by Crippen LogP contribution is -2.33. The van der Waals surface area contributed by atoms with Crippen LogP contribution in [0.5, 0.6) is 0 Å². The highest BCUT2D eigenvalue weighted by atomic mass is 35.5. The van der Waals surface area contributed by atoms with E-state index in [1.54, 1.807) is 6.07 Å². The van der Waals surface area contributed by atoms with Gasteiger partial charge in [0.1, 0.15) is 4.21 Å². The highest BCUT2D eigenvalue weighted by Gasteiger charge is 2.17. The van der Waals surface area contributed by atoms with Crippen LogP contribution in [0, 0.1) is 0 Å². The molecular weight excluding hydrogens is 461 g/mol. The Balaban J connectivity index is 0.00000225. The van der Waals surface area contributed by atoms with Crippen molar-refractivity contribution >= 4 is 56.3 Å². The van der Waals surface area contributed by atoms with Crippen molar-refractivity contribution < 1.29 is 8.42 Å². The van der Waals surface area contributed by atoms with Crippen LogP contribution in [0.1, 0.15) is 17.5 Å². The molecule has 0 spiro atoms. The van der Waals surface area contributed by atoms with Gasteiger partial charge in [0.25, 0.3) is 0 Å². The Morgan fingerprint density at radius 1 is 1.00 bits per heavy atom. The average molecular weight is 491 g/mol. The van der Waals surface area contributed by atoms with E-state index in [1.165, 1.54) is 16.9 Å². The molecule has 0 saturated carbocycles. The van der Waals surface area contributed by atoms with E-state index in [1.807, 2.05) is 31.3 Å². The van der Waals surface area contributed by atoms with E-state index >= 15 is 0 Å². The fraction of sp³-hybridized carbons (Fsp3) is 0.333. The number of benzene rings is 2. The van der Waals surface area contributed by atoms with Crippen LogP contribution in [0.25, 0.3) is 10.1 Å². The first-order chi connectivity index (χ1) is 13.5. The zero-order chi connectivity index (χ0) is 20.0. The van der Waals surface area contributed by atoms with Crippen LogP contribution >= 0.6 is 36.2 Å². The van der Waals surface area contributed by atoms with Gasteiger partial charge < -0.3 is 10.6 Å². The van der Waals surface area contributed by atoms with Gasteiger partial charge in [-0.15, -0.1) is 36.2 Å². The Bertz CT molecular complexity index is 976. The number of fused-ring (bicyclic) bond motifs is 1. The van der Waals surface area contributed by atoms with Crippen molar-refractivity contribution in [1.29, 1.82) is 0 Å². The summed E-state index contributed by atoms with van der Waals surface area (Å²) in [5.74, 6) is 0. The van der Waals surface area contributed by atoms with Crippen molar-refractivity contribution in [3.05, 3.63) is 65.7 Å². The summed E-state index contributed by atoms with van der Waals surface area (Å²) in [7, 11) is -1.44. The van der Waals surface area contributed by atoms with Gasteiger partial charge in [-0.1, -0.05) is 42.5 Å². The topological polar surface area (TPSA) is 75.4 Å². The van der Waals surface area contributed by atoms with E-state index in [-0.39, 0.29) is 24.8 Å². The van der Waals surface area contributed by atoms with Gasteiger partial charge >= 0.3 is 0 Å². The second-order valence-corrected chi connectivity index (χ2v) is 10.0. The summed E-state index contributed by atoms with van der Waals surface area (Å²) in [5, 5.41) is 0.962. The van der Waals surface area contributed by atoms with Gasteiger partial charge in [-0.25, -0.2) is 13.1 Å². The highest BCUT2D eigenvalue weighted by molar-refractivity contribution is 7.91. The van der Waals surface area contributed by atoms with Gasteiger partial charge in [0.05, 0.1) is 0 Å². The first kappa shape index (κ1) is 26.8. The van der Waals surface area contributed by atoms with Crippen molar-refractivity contribution in [3.8, 4) is 0 Å². The SMILES string of the molecule is CN(CCCc1ccc(CN)cc1)CCNS(=O)(=O)c1cc2ccccc2s1.Cl.Cl. The highest BCUT2D eigenvalue weighted by Crippen LogP contribution is 2.28. The average Bonchev–Trinajstić information content (AvgIpc) is 3.14. The van der Waals surface area contributed by atoms with E-state index in [9.17, 15) is 8.42 Å². The maximum atomic E-state index is 12.5. The smallest absolute Gasteiger partial charge is 0.250 e. The van der Waals surface area contributed by atoms with E-state index in [0.717, 1.165) is 35.0 Å². The van der Waals surface area contributed by atoms with Gasteiger partial charge in [0, 0.05) is 24.3 Å². The molecule has 5 nitrogen and oxygen atoms in total. The standard InChI is InChI=1S/C21H27N3O2S2.2ClH/c1-24(13-4-5-17-8-10-18(16-22)11-9-17)14-12-23-28(25,26)21-15-19-6-2-3-7-20(19)27-21;;/h2-3,6-11,15,23H,4-5,12-14,16,22H2,1H3;2*1H. The zero-order valence-corrected chi connectivity index (χ0v) is 20.2. The number of likely N-dealkylation sites (N-methyl/N-ethyl adjacent to an activating group) is 1. The number of nitrogens with one attached hydrogen (secondary N) is 1. The molecule has 166 valence electrons. The Morgan fingerprint density at radius 2 is 1.67 bits per heavy atom. The predicted octanol–water partition coefficient (Wildman–Crippen LogP) is 4.05. The van der Waals surface area contributed by atoms with Crippen molar-refractivity contribution in [2.45, 2.75) is 23.6 Å². The van der Waals surface area contributed by atoms with Crippen molar-refractivity contribution in [3.63, 3.8) is 0 Å². The van der Waals surface area contributed by atoms with Crippen LogP contribution in [-0.2, 0) is 23.0 Å². The summed E-state index contributed by atoms with van der Waals surface area (Å²) < 4.78 is 29.1. The number of halogens is 2. The second kappa shape index (κ2) is 12.6. The minimum absolute atomic E-state index is 0. The molecular formula is C21H29Cl2N3O2S2. The van der Waals surface area contributed by atoms with Crippen LogP contribution in [-0.4, -0.2) is 40.0 Å². The van der Waals surface area contributed by atoms with Crippen molar-refractivity contribution in [2.75, 3.05) is 26.7 Å². The Labute approximate surface area is 195 Å². The third-order valence-electron chi connectivity index (χ3n) is 4.72. The zero-order valence-electron chi connectivity index (χ0n) is 16.9. The molecule has 3 aromatic rings. The summed E-state index contributed by atoms with van der Waals surface area (Å²) >= 11 is 1.31. The number of sulfonamides is 1. The first-order valence-corrected chi connectivity index (χ1v) is 11.7. The normalized spacial score (nSPS) is 11.3. The number of hydrogen-bond acceptors (Lipinski definition) is 5. The number of thiophene rings is 1. The third kappa shape index (κ3) is 7.50. The lowest BCUT2D eigenvalue weighted by Gasteiger charge is -2.16. The number of hydrogen-bond donors (Lipinski definition) is 2. The number of nitrogens with zero attached hydrogens (tertiary/aromatic N) is 1. The van der Waals surface area contributed by atoms with Crippen LogP contribution in [0.4, 0.5) is 0 Å². The van der Waals surface area contributed by atoms with Crippen molar-refractivity contribution in [2.24, 2.45) is 5.73 Å². The van der Waals surface area contributed by atoms with Crippen LogP contribution in [0.15, 0.2) is 58.8 Å². The third-order valence-corrected chi connectivity index (χ3v) is 7.77. The fourth-order valence-electron chi connectivity index (χ4n) is 3.04. The quantitative estimate of drug-likeness (QED) is 0.450. The molecule has 0 aliphatic rings. The van der Waals surface area contributed by atoms with Gasteiger partial charge in [0.2, 0.25) is 10.0 Å². The molecule has 0 atom stereocenters. The maximum Gasteiger partial charge on any atom is 0.250 e. The van der Waals surface area contributed by atoms with E-state index in [2.05, 4.69) is 33.9 Å². The monoisotopic (exact) mass is 489 g/mol. The molecule has 3 rings (SSSR count). The molecule has 0 aliphatic carbocycles. The fourth-order valence-corrected chi connectivity index (χ4v) is 5.50. The number of nitrogens with two attached hydrogens (primary N) is 1. The molecule has 0 aliphatic heterocycles. The lowest BCUT2D eigenvalue weighted by atomic mass is 10.1. The molecule has 0 fully saturated rings. The van der Waals surface area contributed by atoms with Crippen LogP contribution in [0.3, 0.4) is 0 Å². The van der Waals surface area contributed by atoms with Crippen LogP contribution in [0.2, 0.25) is 0 Å². The summed E-state index contributed by atoms with van der Waals surface area (Å²) in [6, 6.07) is 17.8. The summed E-state index contributed by atoms with van der Waals surface area (Å²) in [4.78, 5) is 2.15. The van der Waals surface area contributed by atoms with Gasteiger partial charge in [0.15, 0.2) is 0 Å². The predicted molar refractivity (Wildman–Crippen MR) is 132 cm³/mol. The maximum absolute atomic E-state index is 12.5. The molecule has 1 aromatic heterocycles. The number of aryl methyl sites for hydroxylation is 1. The van der Waals surface area contributed by atoms with Gasteiger partial charge in [-0.05, 0) is 55.1 Å². The molecule has 1 heterocycles.